The van der Waals surface area contributed by atoms with Crippen molar-refractivity contribution in [3.63, 3.8) is 0 Å². The number of halogens is 1. The summed E-state index contributed by atoms with van der Waals surface area (Å²) in [6, 6.07) is 10.1. The van der Waals surface area contributed by atoms with Crippen LogP contribution in [0.5, 0.6) is 11.5 Å². The van der Waals surface area contributed by atoms with Crippen molar-refractivity contribution in [3.8, 4) is 11.5 Å². The van der Waals surface area contributed by atoms with Gasteiger partial charge in [-0.15, -0.1) is 0 Å². The molecule has 2 aromatic rings. The minimum atomic E-state index is -1.18. The van der Waals surface area contributed by atoms with E-state index in [2.05, 4.69) is 15.9 Å². The van der Waals surface area contributed by atoms with Crippen molar-refractivity contribution in [1.82, 2.24) is 0 Å². The number of carbonyl (C=O) groups is 2. The maximum Gasteiger partial charge on any atom is 0.349 e. The Morgan fingerprint density at radius 2 is 1.83 bits per heavy atom. The molecule has 0 saturated heterocycles. The molecule has 0 saturated carbocycles. The number of carboxylic acid groups (broad SMARTS) is 1. The fourth-order valence-corrected chi connectivity index (χ4v) is 2.27. The highest BCUT2D eigenvalue weighted by atomic mass is 79.9. The van der Waals surface area contributed by atoms with Crippen molar-refractivity contribution in [2.75, 3.05) is 6.61 Å². The first-order chi connectivity index (χ1) is 10.9. The normalized spacial score (nSPS) is 10.2. The van der Waals surface area contributed by atoms with Gasteiger partial charge in [-0.3, -0.25) is 0 Å². The fourth-order valence-electron chi connectivity index (χ4n) is 1.91. The molecule has 2 aromatic carbocycles. The highest BCUT2D eigenvalue weighted by Crippen LogP contribution is 2.24. The summed E-state index contributed by atoms with van der Waals surface area (Å²) in [5, 5.41) is 9.13. The number of hydrogen-bond donors (Lipinski definition) is 1. The summed E-state index contributed by atoms with van der Waals surface area (Å²) in [5.74, 6) is -1.27. The first-order valence-electron chi connectivity index (χ1n) is 6.80. The van der Waals surface area contributed by atoms with Gasteiger partial charge < -0.3 is 14.6 Å². The van der Waals surface area contributed by atoms with Crippen LogP contribution in [0.25, 0.3) is 0 Å². The van der Waals surface area contributed by atoms with Crippen LogP contribution >= 0.6 is 15.9 Å². The van der Waals surface area contributed by atoms with E-state index >= 15 is 0 Å². The van der Waals surface area contributed by atoms with Gasteiger partial charge in [0.25, 0.3) is 0 Å². The van der Waals surface area contributed by atoms with Gasteiger partial charge in [0.2, 0.25) is 0 Å². The molecule has 5 nitrogen and oxygen atoms in total. The van der Waals surface area contributed by atoms with Crippen LogP contribution in [0, 0.1) is 13.8 Å². The molecule has 120 valence electrons. The lowest BCUT2D eigenvalue weighted by Gasteiger charge is -2.11. The largest absolute Gasteiger partial charge is 0.482 e. The molecule has 0 bridgehead atoms. The maximum atomic E-state index is 11.9. The summed E-state index contributed by atoms with van der Waals surface area (Å²) in [7, 11) is 0. The van der Waals surface area contributed by atoms with E-state index in [1.165, 1.54) is 12.1 Å². The predicted octanol–water partition coefficient (Wildman–Crippen LogP) is 3.75. The molecule has 23 heavy (non-hydrogen) atoms. The molecule has 0 aromatic heterocycles. The monoisotopic (exact) mass is 378 g/mol. The molecule has 0 radical (unpaired) electrons. The summed E-state index contributed by atoms with van der Waals surface area (Å²) < 4.78 is 11.1. The molecule has 0 aliphatic heterocycles. The number of rotatable bonds is 5. The maximum absolute atomic E-state index is 11.9. The van der Waals surface area contributed by atoms with Gasteiger partial charge in [0.05, 0.1) is 0 Å². The Morgan fingerprint density at radius 3 is 2.52 bits per heavy atom. The lowest BCUT2D eigenvalue weighted by Crippen LogP contribution is -2.19. The minimum absolute atomic E-state index is 0.0183. The van der Waals surface area contributed by atoms with Crippen molar-refractivity contribution in [1.29, 1.82) is 0 Å². The van der Waals surface area contributed by atoms with Gasteiger partial charge >= 0.3 is 11.9 Å². The summed E-state index contributed by atoms with van der Waals surface area (Å²) in [6.07, 6.45) is 0. The number of benzene rings is 2. The Kier molecular flexibility index (Phi) is 5.39. The van der Waals surface area contributed by atoms with Crippen molar-refractivity contribution >= 4 is 27.9 Å². The number of aromatic carboxylic acids is 1. The Bertz CT molecular complexity index is 755. The van der Waals surface area contributed by atoms with Gasteiger partial charge in [-0.2, -0.15) is 0 Å². The molecule has 0 unspecified atom stereocenters. The van der Waals surface area contributed by atoms with Gasteiger partial charge in [0.1, 0.15) is 17.1 Å². The molecule has 0 fully saturated rings. The van der Waals surface area contributed by atoms with Crippen LogP contribution in [0.4, 0.5) is 0 Å². The van der Waals surface area contributed by atoms with Crippen LogP contribution in [0.2, 0.25) is 0 Å². The second-order valence-corrected chi connectivity index (χ2v) is 5.89. The van der Waals surface area contributed by atoms with Crippen molar-refractivity contribution in [2.45, 2.75) is 13.8 Å². The van der Waals surface area contributed by atoms with Gasteiger partial charge in [-0.1, -0.05) is 28.1 Å². The molecule has 0 aliphatic carbocycles. The van der Waals surface area contributed by atoms with Crippen molar-refractivity contribution < 1.29 is 24.2 Å². The number of carboxylic acids is 1. The van der Waals surface area contributed by atoms with Gasteiger partial charge in [-0.25, -0.2) is 9.59 Å². The summed E-state index contributed by atoms with van der Waals surface area (Å²) in [6.45, 7) is 3.49. The molecule has 2 rings (SSSR count). The topological polar surface area (TPSA) is 72.8 Å². The van der Waals surface area contributed by atoms with Crippen LogP contribution < -0.4 is 9.47 Å². The van der Waals surface area contributed by atoms with Crippen LogP contribution in [0.15, 0.2) is 40.9 Å². The van der Waals surface area contributed by atoms with Crippen LogP contribution in [-0.4, -0.2) is 23.7 Å². The van der Waals surface area contributed by atoms with E-state index in [0.717, 1.165) is 11.1 Å². The van der Waals surface area contributed by atoms with E-state index < -0.39 is 11.9 Å². The average molecular weight is 379 g/mol. The van der Waals surface area contributed by atoms with E-state index in [0.29, 0.717) is 10.2 Å². The lowest BCUT2D eigenvalue weighted by atomic mass is 10.1. The van der Waals surface area contributed by atoms with Crippen molar-refractivity contribution in [3.05, 3.63) is 57.6 Å². The average Bonchev–Trinajstić information content (AvgIpc) is 2.49. The molecular formula is C17H15BrO5. The highest BCUT2D eigenvalue weighted by Gasteiger charge is 2.16. The number of carbonyl (C=O) groups excluding carboxylic acids is 1. The van der Waals surface area contributed by atoms with E-state index in [1.54, 1.807) is 6.07 Å². The van der Waals surface area contributed by atoms with E-state index in [9.17, 15) is 9.59 Å². The number of ether oxygens (including phenoxy) is 2. The van der Waals surface area contributed by atoms with Crippen molar-refractivity contribution in [2.24, 2.45) is 0 Å². The number of hydrogen-bond acceptors (Lipinski definition) is 4. The zero-order valence-corrected chi connectivity index (χ0v) is 14.2. The van der Waals surface area contributed by atoms with Crippen LogP contribution in [-0.2, 0) is 4.79 Å². The second-order valence-electron chi connectivity index (χ2n) is 4.98. The summed E-state index contributed by atoms with van der Waals surface area (Å²) in [4.78, 5) is 23.1. The van der Waals surface area contributed by atoms with Crippen LogP contribution in [0.1, 0.15) is 21.5 Å². The minimum Gasteiger partial charge on any atom is -0.482 e. The molecule has 0 aliphatic rings. The summed E-state index contributed by atoms with van der Waals surface area (Å²) in [5.41, 5.74) is 1.82. The lowest BCUT2D eigenvalue weighted by molar-refractivity contribution is -0.136. The SMILES string of the molecule is Cc1ccc(C)c(OCC(=O)Oc2ccc(Br)cc2C(=O)O)c1. The Morgan fingerprint density at radius 1 is 1.09 bits per heavy atom. The second kappa shape index (κ2) is 7.28. The zero-order valence-electron chi connectivity index (χ0n) is 12.6. The summed E-state index contributed by atoms with van der Waals surface area (Å²) >= 11 is 3.18. The first-order valence-corrected chi connectivity index (χ1v) is 7.59. The fraction of sp³-hybridized carbons (Fsp3) is 0.176. The smallest absolute Gasteiger partial charge is 0.349 e. The number of esters is 1. The van der Waals surface area contributed by atoms with E-state index in [1.807, 2.05) is 32.0 Å². The molecule has 1 N–H and O–H groups in total. The standard InChI is InChI=1S/C17H15BrO5/c1-10-3-4-11(2)15(7-10)22-9-16(19)23-14-6-5-12(18)8-13(14)17(20)21/h3-8H,9H2,1-2H3,(H,20,21). The Labute approximate surface area is 142 Å². The number of aryl methyl sites for hydroxylation is 2. The van der Waals surface area contributed by atoms with Gasteiger partial charge in [-0.05, 0) is 49.2 Å². The Balaban J connectivity index is 2.06. The molecule has 0 atom stereocenters. The molecular weight excluding hydrogens is 364 g/mol. The molecule has 0 heterocycles. The Hall–Kier alpha value is -2.34. The van der Waals surface area contributed by atoms with Gasteiger partial charge in [0.15, 0.2) is 6.61 Å². The third kappa shape index (κ3) is 4.56. The quantitative estimate of drug-likeness (QED) is 0.633. The van der Waals surface area contributed by atoms with E-state index in [4.69, 9.17) is 14.6 Å². The molecule has 6 heteroatoms. The molecule has 0 amide bonds. The molecule has 0 spiro atoms. The van der Waals surface area contributed by atoms with Gasteiger partial charge in [0, 0.05) is 4.47 Å². The first kappa shape index (κ1) is 17.0. The predicted molar refractivity (Wildman–Crippen MR) is 88.1 cm³/mol. The highest BCUT2D eigenvalue weighted by molar-refractivity contribution is 9.10. The van der Waals surface area contributed by atoms with E-state index in [-0.39, 0.29) is 17.9 Å². The third-order valence-corrected chi connectivity index (χ3v) is 3.58. The van der Waals surface area contributed by atoms with Crippen LogP contribution in [0.3, 0.4) is 0 Å². The zero-order chi connectivity index (χ0) is 17.0. The third-order valence-electron chi connectivity index (χ3n) is 3.08.